The van der Waals surface area contributed by atoms with Gasteiger partial charge in [0.2, 0.25) is 41.4 Å². The van der Waals surface area contributed by atoms with E-state index >= 15 is 14.4 Å². The molecule has 4 aromatic rings. The lowest BCUT2D eigenvalue weighted by Crippen LogP contribution is -2.62. The third-order valence-electron chi connectivity index (χ3n) is 15.4. The quantitative estimate of drug-likeness (QED) is 0.132. The first-order valence-electron chi connectivity index (χ1n) is 26.6. The van der Waals surface area contributed by atoms with Crippen molar-refractivity contribution < 1.29 is 33.6 Å². The molecule has 0 unspecified atom stereocenters. The van der Waals surface area contributed by atoms with Crippen molar-refractivity contribution >= 4 is 63.2 Å². The summed E-state index contributed by atoms with van der Waals surface area (Å²) in [7, 11) is 3.07. The lowest BCUT2D eigenvalue weighted by atomic mass is 9.80. The molecule has 3 fully saturated rings. The maximum absolute atomic E-state index is 15.5. The average Bonchev–Trinajstić information content (AvgIpc) is 3.72. The Bertz CT molecular complexity index is 2760. The van der Waals surface area contributed by atoms with E-state index in [1.807, 2.05) is 96.3 Å². The standard InChI is InChI=1S/C57H78N10O7/c1-12-57(8,9)67-32-40(41-19-13-14-20-46(41)67)30-45-55(73)65(11)48(25-33(2)3)52(70)61-44(29-38-22-23-39-31-58-36(7)60-42(39)28-38)50(68)59-35(6)54(72)64(10)47-21-16-24-66(56(47)74)49(26-34(4)5)53(71)62-43(51(69)63-45)27-37-17-15-18-37/h12-14,19-20,22-23,28,31-35,37,43-45,47-49H,1,15-18,21,24-27,29-30H2,2-11H3,(H,59,68)(H,61,70)(H,62,71)(H,63,69)/t35-,43-,44-,45-,47-,48-,49-/m0/s1. The predicted molar refractivity (Wildman–Crippen MR) is 285 cm³/mol. The SMILES string of the molecule is C=CC(C)(C)n1cc(C[C@@H]2NC(=O)[C@H](CC3CCC3)NC(=O)[C@H](CC(C)C)N3CCC[C@@H](C3=O)N(C)C(=O)[C@H](C)NC(=O)[C@H](Cc3ccc4cnc(C)nc4c3)NC(=O)[C@H](CC(C)C)N(C)C2=O)c2ccccc21. The highest BCUT2D eigenvalue weighted by molar-refractivity contribution is 5.99. The van der Waals surface area contributed by atoms with Gasteiger partial charge in [-0.25, -0.2) is 9.97 Å². The van der Waals surface area contributed by atoms with Crippen molar-refractivity contribution in [3.8, 4) is 0 Å². The summed E-state index contributed by atoms with van der Waals surface area (Å²) in [6.07, 6.45) is 9.98. The van der Waals surface area contributed by atoms with E-state index in [0.29, 0.717) is 42.6 Å². The first-order valence-corrected chi connectivity index (χ1v) is 26.6. The van der Waals surface area contributed by atoms with E-state index in [2.05, 4.69) is 42.4 Å². The van der Waals surface area contributed by atoms with Gasteiger partial charge in [0.05, 0.1) is 11.1 Å². The third kappa shape index (κ3) is 12.5. The van der Waals surface area contributed by atoms with Gasteiger partial charge in [0.15, 0.2) is 0 Å². The van der Waals surface area contributed by atoms with E-state index in [4.69, 9.17) is 0 Å². The molecule has 17 nitrogen and oxygen atoms in total. The fourth-order valence-corrected chi connectivity index (χ4v) is 10.7. The molecule has 1 aliphatic carbocycles. The number of nitrogens with one attached hydrogen (secondary N) is 4. The van der Waals surface area contributed by atoms with Gasteiger partial charge in [-0.15, -0.1) is 6.58 Å². The number of likely N-dealkylation sites (N-methyl/N-ethyl adjacent to an activating group) is 2. The number of hydrogen-bond acceptors (Lipinski definition) is 9. The van der Waals surface area contributed by atoms with E-state index in [9.17, 15) is 19.2 Å². The van der Waals surface area contributed by atoms with Crippen LogP contribution < -0.4 is 21.3 Å². The maximum atomic E-state index is 15.5. The summed E-state index contributed by atoms with van der Waals surface area (Å²) in [5.74, 6) is -3.20. The minimum atomic E-state index is -1.24. The summed E-state index contributed by atoms with van der Waals surface area (Å²) in [4.78, 5) is 117. The first-order chi connectivity index (χ1) is 35.1. The van der Waals surface area contributed by atoms with Crippen molar-refractivity contribution in [3.05, 3.63) is 84.5 Å². The number of para-hydroxylation sites is 1. The van der Waals surface area contributed by atoms with Crippen LogP contribution in [0.5, 0.6) is 0 Å². The molecule has 2 bridgehead atoms. The molecule has 7 amide bonds. The summed E-state index contributed by atoms with van der Waals surface area (Å²) in [6.45, 7) is 19.5. The Hall–Kier alpha value is -6.65. The summed E-state index contributed by atoms with van der Waals surface area (Å²) in [5.41, 5.74) is 2.47. The molecule has 74 heavy (non-hydrogen) atoms. The monoisotopic (exact) mass is 1010 g/mol. The summed E-state index contributed by atoms with van der Waals surface area (Å²) < 4.78 is 2.09. The molecule has 2 saturated heterocycles. The summed E-state index contributed by atoms with van der Waals surface area (Å²) in [6, 6.07) is 5.67. The number of carbonyl (C=O) groups is 7. The number of benzene rings is 2. The predicted octanol–water partition coefficient (Wildman–Crippen LogP) is 5.50. The normalized spacial score (nSPS) is 24.7. The zero-order valence-electron chi connectivity index (χ0n) is 45.1. The molecule has 2 aliphatic heterocycles. The van der Waals surface area contributed by atoms with E-state index in [1.54, 1.807) is 20.2 Å². The van der Waals surface area contributed by atoms with Crippen LogP contribution in [0.1, 0.15) is 117 Å². The van der Waals surface area contributed by atoms with Gasteiger partial charge in [0, 0.05) is 62.2 Å². The minimum absolute atomic E-state index is 0.000102. The average molecular weight is 1020 g/mol. The molecule has 4 N–H and O–H groups in total. The van der Waals surface area contributed by atoms with Crippen LogP contribution in [-0.2, 0) is 51.9 Å². The number of hydrogen-bond donors (Lipinski definition) is 4. The van der Waals surface area contributed by atoms with Crippen molar-refractivity contribution in [2.45, 2.75) is 167 Å². The second kappa shape index (κ2) is 23.3. The third-order valence-corrected chi connectivity index (χ3v) is 15.4. The maximum Gasteiger partial charge on any atom is 0.246 e. The van der Waals surface area contributed by atoms with E-state index in [1.165, 1.54) is 28.7 Å². The lowest BCUT2D eigenvalue weighted by molar-refractivity contribution is -0.153. The first kappa shape index (κ1) is 55.1. The van der Waals surface area contributed by atoms with Crippen molar-refractivity contribution in [2.24, 2.45) is 17.8 Å². The molecule has 2 aromatic carbocycles. The topological polar surface area (TPSA) is 208 Å². The minimum Gasteiger partial charge on any atom is -0.343 e. The number of amides is 7. The second-order valence-corrected chi connectivity index (χ2v) is 22.4. The number of aryl methyl sites for hydroxylation is 1. The molecule has 4 heterocycles. The number of rotatable bonds is 12. The molecule has 17 heteroatoms. The van der Waals surface area contributed by atoms with Gasteiger partial charge in [0.25, 0.3) is 0 Å². The fraction of sp³-hybridized carbons (Fsp3) is 0.561. The van der Waals surface area contributed by atoms with Crippen molar-refractivity contribution in [3.63, 3.8) is 0 Å². The molecule has 7 rings (SSSR count). The van der Waals surface area contributed by atoms with Crippen molar-refractivity contribution in [2.75, 3.05) is 20.6 Å². The molecular formula is C57H78N10O7. The Labute approximate surface area is 436 Å². The van der Waals surface area contributed by atoms with E-state index in [0.717, 1.165) is 41.1 Å². The van der Waals surface area contributed by atoms with E-state index < -0.39 is 89.2 Å². The Morgan fingerprint density at radius 2 is 1.39 bits per heavy atom. The van der Waals surface area contributed by atoms with Crippen LogP contribution in [0.4, 0.5) is 0 Å². The molecule has 3 aliphatic rings. The highest BCUT2D eigenvalue weighted by Crippen LogP contribution is 2.33. The van der Waals surface area contributed by atoms with Crippen LogP contribution in [0, 0.1) is 24.7 Å². The Morgan fingerprint density at radius 3 is 2.07 bits per heavy atom. The Morgan fingerprint density at radius 1 is 0.743 bits per heavy atom. The Kier molecular flexibility index (Phi) is 17.3. The number of allylic oxidation sites excluding steroid dienone is 1. The number of nitrogens with zero attached hydrogens (tertiary/aromatic N) is 6. The molecule has 7 atom stereocenters. The van der Waals surface area contributed by atoms with Gasteiger partial charge in [-0.2, -0.15) is 0 Å². The van der Waals surface area contributed by atoms with Gasteiger partial charge in [-0.3, -0.25) is 33.6 Å². The highest BCUT2D eigenvalue weighted by atomic mass is 16.2. The molecule has 2 aromatic heterocycles. The molecular weight excluding hydrogens is 937 g/mol. The van der Waals surface area contributed by atoms with Crippen LogP contribution in [0.25, 0.3) is 21.8 Å². The van der Waals surface area contributed by atoms with Gasteiger partial charge in [0.1, 0.15) is 48.1 Å². The second-order valence-electron chi connectivity index (χ2n) is 22.4. The van der Waals surface area contributed by atoms with Crippen LogP contribution in [0.3, 0.4) is 0 Å². The number of fused-ring (bicyclic) bond motifs is 4. The Balaban J connectivity index is 1.34. The van der Waals surface area contributed by atoms with Crippen molar-refractivity contribution in [1.29, 1.82) is 0 Å². The lowest BCUT2D eigenvalue weighted by Gasteiger charge is -2.41. The van der Waals surface area contributed by atoms with Crippen LogP contribution >= 0.6 is 0 Å². The molecule has 398 valence electrons. The molecule has 0 spiro atoms. The molecule has 0 radical (unpaired) electrons. The number of piperidine rings is 1. The zero-order valence-corrected chi connectivity index (χ0v) is 45.1. The van der Waals surface area contributed by atoms with E-state index in [-0.39, 0.29) is 43.6 Å². The summed E-state index contributed by atoms with van der Waals surface area (Å²) in [5, 5.41) is 13.7. The highest BCUT2D eigenvalue weighted by Gasteiger charge is 2.43. The summed E-state index contributed by atoms with van der Waals surface area (Å²) >= 11 is 0. The van der Waals surface area contributed by atoms with Crippen molar-refractivity contribution in [1.82, 2.24) is 50.5 Å². The zero-order chi connectivity index (χ0) is 53.8. The van der Waals surface area contributed by atoms with Gasteiger partial charge in [-0.1, -0.05) is 83.4 Å². The van der Waals surface area contributed by atoms with Gasteiger partial charge >= 0.3 is 0 Å². The smallest absolute Gasteiger partial charge is 0.246 e. The van der Waals surface area contributed by atoms with Crippen LogP contribution in [0.15, 0.2) is 67.5 Å². The van der Waals surface area contributed by atoms with Gasteiger partial charge < -0.3 is 40.5 Å². The van der Waals surface area contributed by atoms with Crippen LogP contribution in [0.2, 0.25) is 0 Å². The largest absolute Gasteiger partial charge is 0.343 e. The number of aromatic nitrogens is 3. The van der Waals surface area contributed by atoms with Crippen LogP contribution in [-0.4, -0.2) is 134 Å². The fourth-order valence-electron chi connectivity index (χ4n) is 10.7. The number of carbonyl (C=O) groups excluding carboxylic acids is 7. The molecule has 1 saturated carbocycles. The van der Waals surface area contributed by atoms with Gasteiger partial charge in [-0.05, 0) is 101 Å².